The number of carbonyl (C=O) groups excluding carboxylic acids is 2. The van der Waals surface area contributed by atoms with Crippen molar-refractivity contribution >= 4 is 40.7 Å². The van der Waals surface area contributed by atoms with E-state index < -0.39 is 23.5 Å². The standard InChI is InChI=1S/C23H23Cl2NO7/c1-30-10-9-26-18(12-7-5-6-8-15(12)31-2)16(20(28)23(26)29)19(27)13-11-14(24)22(33-4)17(25)21(13)32-3/h5-8,11,18,27H,9-10H2,1-4H3/b19-16+. The van der Waals surface area contributed by atoms with Crippen LogP contribution in [0, 0.1) is 0 Å². The molecule has 0 aliphatic carbocycles. The van der Waals surface area contributed by atoms with Crippen LogP contribution in [-0.4, -0.2) is 63.3 Å². The molecule has 1 amide bonds. The molecule has 2 aromatic carbocycles. The van der Waals surface area contributed by atoms with Gasteiger partial charge in [0, 0.05) is 19.2 Å². The molecule has 1 N–H and O–H groups in total. The van der Waals surface area contributed by atoms with Crippen LogP contribution in [0.4, 0.5) is 0 Å². The highest BCUT2D eigenvalue weighted by molar-refractivity contribution is 6.47. The number of hydrogen-bond donors (Lipinski definition) is 1. The van der Waals surface area contributed by atoms with E-state index in [4.69, 9.17) is 42.1 Å². The smallest absolute Gasteiger partial charge is 0.295 e. The van der Waals surface area contributed by atoms with Gasteiger partial charge >= 0.3 is 0 Å². The molecule has 1 unspecified atom stereocenters. The second kappa shape index (κ2) is 10.3. The summed E-state index contributed by atoms with van der Waals surface area (Å²) in [6.45, 7) is 0.296. The van der Waals surface area contributed by atoms with Gasteiger partial charge in [-0.1, -0.05) is 41.4 Å². The normalized spacial score (nSPS) is 17.4. The van der Waals surface area contributed by atoms with Crippen LogP contribution in [0.1, 0.15) is 17.2 Å². The molecule has 1 saturated heterocycles. The lowest BCUT2D eigenvalue weighted by Crippen LogP contribution is -2.32. The van der Waals surface area contributed by atoms with Crippen LogP contribution in [0.2, 0.25) is 10.0 Å². The Morgan fingerprint density at radius 1 is 1.03 bits per heavy atom. The molecule has 0 bridgehead atoms. The summed E-state index contributed by atoms with van der Waals surface area (Å²) in [6.07, 6.45) is 0. The second-order valence-electron chi connectivity index (χ2n) is 7.01. The van der Waals surface area contributed by atoms with Gasteiger partial charge in [-0.05, 0) is 12.1 Å². The van der Waals surface area contributed by atoms with E-state index in [1.807, 2.05) is 0 Å². The van der Waals surface area contributed by atoms with Crippen LogP contribution in [0.3, 0.4) is 0 Å². The number of aliphatic hydroxyl groups excluding tert-OH is 1. The monoisotopic (exact) mass is 495 g/mol. The number of ether oxygens (including phenoxy) is 4. The Morgan fingerprint density at radius 3 is 2.30 bits per heavy atom. The van der Waals surface area contributed by atoms with Gasteiger partial charge in [0.1, 0.15) is 16.5 Å². The number of rotatable bonds is 8. The Balaban J connectivity index is 2.32. The molecule has 8 nitrogen and oxygen atoms in total. The maximum Gasteiger partial charge on any atom is 0.295 e. The Kier molecular flexibility index (Phi) is 7.73. The number of Topliss-reactive ketones (excluding diaryl/α,β-unsaturated/α-hetero) is 1. The zero-order chi connectivity index (χ0) is 24.3. The number of halogens is 2. The lowest BCUT2D eigenvalue weighted by molar-refractivity contribution is -0.140. The van der Waals surface area contributed by atoms with Crippen LogP contribution in [-0.2, 0) is 14.3 Å². The molecule has 1 fully saturated rings. The molecule has 1 aliphatic heterocycles. The Hall–Kier alpha value is -2.94. The van der Waals surface area contributed by atoms with Gasteiger partial charge in [0.05, 0.1) is 50.1 Å². The highest BCUT2D eigenvalue weighted by atomic mass is 35.5. The van der Waals surface area contributed by atoms with Gasteiger partial charge < -0.3 is 29.0 Å². The number of aliphatic hydroxyl groups is 1. The molecule has 2 aromatic rings. The summed E-state index contributed by atoms with van der Waals surface area (Å²) in [6, 6.07) is 7.34. The third-order valence-corrected chi connectivity index (χ3v) is 5.93. The van der Waals surface area contributed by atoms with Crippen molar-refractivity contribution in [3.05, 3.63) is 57.1 Å². The summed E-state index contributed by atoms with van der Waals surface area (Å²) >= 11 is 12.6. The van der Waals surface area contributed by atoms with E-state index in [-0.39, 0.29) is 45.8 Å². The molecule has 1 atom stereocenters. The number of ketones is 1. The average molecular weight is 496 g/mol. The molecular formula is C23H23Cl2NO7. The van der Waals surface area contributed by atoms with E-state index >= 15 is 0 Å². The van der Waals surface area contributed by atoms with E-state index in [0.29, 0.717) is 11.3 Å². The maximum atomic E-state index is 13.1. The first-order chi connectivity index (χ1) is 15.8. The predicted molar refractivity (Wildman–Crippen MR) is 123 cm³/mol. The number of carbonyl (C=O) groups is 2. The summed E-state index contributed by atoms with van der Waals surface area (Å²) in [5.41, 5.74) is 0.399. The summed E-state index contributed by atoms with van der Waals surface area (Å²) in [5.74, 6) is -1.52. The summed E-state index contributed by atoms with van der Waals surface area (Å²) < 4.78 is 21.2. The second-order valence-corrected chi connectivity index (χ2v) is 7.80. The van der Waals surface area contributed by atoms with Crippen LogP contribution < -0.4 is 14.2 Å². The lowest BCUT2D eigenvalue weighted by Gasteiger charge is -2.26. The molecule has 33 heavy (non-hydrogen) atoms. The van der Waals surface area contributed by atoms with Crippen molar-refractivity contribution in [3.63, 3.8) is 0 Å². The van der Waals surface area contributed by atoms with Crippen LogP contribution >= 0.6 is 23.2 Å². The van der Waals surface area contributed by atoms with Crippen LogP contribution in [0.15, 0.2) is 35.9 Å². The fourth-order valence-electron chi connectivity index (χ4n) is 3.81. The molecule has 0 radical (unpaired) electrons. The highest BCUT2D eigenvalue weighted by Crippen LogP contribution is 2.48. The predicted octanol–water partition coefficient (Wildman–Crippen LogP) is 4.09. The molecule has 176 valence electrons. The minimum atomic E-state index is -0.944. The summed E-state index contributed by atoms with van der Waals surface area (Å²) in [5, 5.41) is 11.4. The van der Waals surface area contributed by atoms with Crippen LogP contribution in [0.5, 0.6) is 17.2 Å². The molecule has 0 spiro atoms. The third-order valence-electron chi connectivity index (χ3n) is 5.30. The Bertz CT molecular complexity index is 1120. The van der Waals surface area contributed by atoms with Crippen LogP contribution in [0.25, 0.3) is 5.76 Å². The zero-order valence-corrected chi connectivity index (χ0v) is 20.0. The number of likely N-dealkylation sites (tertiary alicyclic amines) is 1. The van der Waals surface area contributed by atoms with E-state index in [1.165, 1.54) is 39.4 Å². The number of amides is 1. The van der Waals surface area contributed by atoms with Gasteiger partial charge in [-0.2, -0.15) is 0 Å². The number of para-hydroxylation sites is 1. The molecule has 0 aromatic heterocycles. The van der Waals surface area contributed by atoms with E-state index in [2.05, 4.69) is 0 Å². The first kappa shape index (κ1) is 24.7. The third kappa shape index (κ3) is 4.34. The van der Waals surface area contributed by atoms with Gasteiger partial charge in [0.25, 0.3) is 11.7 Å². The highest BCUT2D eigenvalue weighted by Gasteiger charge is 2.47. The van der Waals surface area contributed by atoms with Crippen molar-refractivity contribution < 1.29 is 33.6 Å². The molecular weight excluding hydrogens is 473 g/mol. The van der Waals surface area contributed by atoms with Gasteiger partial charge in [-0.25, -0.2) is 0 Å². The minimum absolute atomic E-state index is 0.0107. The molecule has 1 aliphatic rings. The van der Waals surface area contributed by atoms with Crippen molar-refractivity contribution in [1.29, 1.82) is 0 Å². The quantitative estimate of drug-likeness (QED) is 0.334. The zero-order valence-electron chi connectivity index (χ0n) is 18.5. The fraction of sp³-hybridized carbons (Fsp3) is 0.304. The van der Waals surface area contributed by atoms with Gasteiger partial charge in [0.2, 0.25) is 0 Å². The van der Waals surface area contributed by atoms with Crippen molar-refractivity contribution in [2.75, 3.05) is 41.6 Å². The molecule has 0 saturated carbocycles. The maximum absolute atomic E-state index is 13.1. The number of benzene rings is 2. The van der Waals surface area contributed by atoms with E-state index in [0.717, 1.165) is 0 Å². The largest absolute Gasteiger partial charge is 0.507 e. The topological polar surface area (TPSA) is 94.5 Å². The van der Waals surface area contributed by atoms with Gasteiger partial charge in [-0.15, -0.1) is 0 Å². The van der Waals surface area contributed by atoms with Crippen molar-refractivity contribution in [3.8, 4) is 17.2 Å². The van der Waals surface area contributed by atoms with Crippen molar-refractivity contribution in [2.45, 2.75) is 6.04 Å². The van der Waals surface area contributed by atoms with Crippen molar-refractivity contribution in [2.24, 2.45) is 0 Å². The SMILES string of the molecule is COCCN1C(=O)C(=O)/C(=C(/O)c2cc(Cl)c(OC)c(Cl)c2OC)C1c1ccccc1OC. The molecule has 3 rings (SSSR count). The lowest BCUT2D eigenvalue weighted by atomic mass is 9.94. The first-order valence-corrected chi connectivity index (χ1v) is 10.6. The Morgan fingerprint density at radius 2 is 1.70 bits per heavy atom. The Labute approximate surface area is 201 Å². The fourth-order valence-corrected chi connectivity index (χ4v) is 4.49. The van der Waals surface area contributed by atoms with Gasteiger partial charge in [0.15, 0.2) is 11.5 Å². The first-order valence-electron chi connectivity index (χ1n) is 9.82. The van der Waals surface area contributed by atoms with Gasteiger partial charge in [-0.3, -0.25) is 9.59 Å². The average Bonchev–Trinajstić information content (AvgIpc) is 3.06. The summed E-state index contributed by atoms with van der Waals surface area (Å²) in [4.78, 5) is 27.4. The van der Waals surface area contributed by atoms with Crippen molar-refractivity contribution in [1.82, 2.24) is 4.90 Å². The number of nitrogens with zero attached hydrogens (tertiary/aromatic N) is 1. The molecule has 10 heteroatoms. The minimum Gasteiger partial charge on any atom is -0.507 e. The number of hydrogen-bond acceptors (Lipinski definition) is 7. The number of methoxy groups -OCH3 is 4. The molecule has 1 heterocycles. The van der Waals surface area contributed by atoms with E-state index in [1.54, 1.807) is 24.3 Å². The van der Waals surface area contributed by atoms with E-state index in [9.17, 15) is 14.7 Å². The summed E-state index contributed by atoms with van der Waals surface area (Å²) in [7, 11) is 5.70.